The van der Waals surface area contributed by atoms with Crippen molar-refractivity contribution in [2.45, 2.75) is 24.2 Å². The molecule has 1 amide bonds. The van der Waals surface area contributed by atoms with Gasteiger partial charge in [-0.15, -0.1) is 12.4 Å². The minimum atomic E-state index is -3.50. The lowest BCUT2D eigenvalue weighted by molar-refractivity contribution is -0.123. The van der Waals surface area contributed by atoms with Crippen molar-refractivity contribution in [2.24, 2.45) is 11.3 Å². The van der Waals surface area contributed by atoms with E-state index in [-0.39, 0.29) is 46.8 Å². The van der Waals surface area contributed by atoms with Gasteiger partial charge in [-0.2, -0.15) is 0 Å². The first-order valence-electron chi connectivity index (χ1n) is 7.90. The van der Waals surface area contributed by atoms with Crippen LogP contribution in [0.4, 0.5) is 4.39 Å². The van der Waals surface area contributed by atoms with Gasteiger partial charge in [0.15, 0.2) is 9.84 Å². The molecule has 1 atom stereocenters. The summed E-state index contributed by atoms with van der Waals surface area (Å²) in [5.74, 6) is -0.663. The average Bonchev–Trinajstić information content (AvgIpc) is 3.21. The molecule has 1 aliphatic carbocycles. The summed E-state index contributed by atoms with van der Waals surface area (Å²) in [6.45, 7) is 1.98. The molecule has 3 rings (SSSR count). The minimum absolute atomic E-state index is 0. The zero-order valence-corrected chi connectivity index (χ0v) is 14.9. The molecule has 2 fully saturated rings. The Hall–Kier alpha value is -1.18. The van der Waals surface area contributed by atoms with Crippen molar-refractivity contribution < 1.29 is 17.6 Å². The Kier molecular flexibility index (Phi) is 5.88. The fourth-order valence-electron chi connectivity index (χ4n) is 3.39. The summed E-state index contributed by atoms with van der Waals surface area (Å²) >= 11 is 0. The summed E-state index contributed by atoms with van der Waals surface area (Å²) in [7, 11) is -3.50. The number of rotatable bonds is 5. The van der Waals surface area contributed by atoms with E-state index in [4.69, 9.17) is 0 Å². The van der Waals surface area contributed by atoms with E-state index in [0.29, 0.717) is 0 Å². The number of carbonyl (C=O) groups excluding carboxylic acids is 1. The van der Waals surface area contributed by atoms with Crippen LogP contribution in [-0.2, 0) is 14.6 Å². The molecule has 1 saturated carbocycles. The number of hydrogen-bond donors (Lipinski definition) is 2. The Labute approximate surface area is 147 Å². The molecule has 1 aromatic rings. The molecule has 2 N–H and O–H groups in total. The molecule has 1 saturated heterocycles. The Morgan fingerprint density at radius 2 is 1.88 bits per heavy atom. The van der Waals surface area contributed by atoms with Gasteiger partial charge < -0.3 is 10.6 Å². The fraction of sp³-hybridized carbons (Fsp3) is 0.562. The van der Waals surface area contributed by atoms with E-state index in [2.05, 4.69) is 10.6 Å². The molecule has 134 valence electrons. The van der Waals surface area contributed by atoms with Crippen molar-refractivity contribution in [3.63, 3.8) is 0 Å². The number of carbonyl (C=O) groups is 1. The highest BCUT2D eigenvalue weighted by molar-refractivity contribution is 7.91. The summed E-state index contributed by atoms with van der Waals surface area (Å²) in [4.78, 5) is 12.2. The molecule has 5 nitrogen and oxygen atoms in total. The van der Waals surface area contributed by atoms with E-state index in [1.807, 2.05) is 0 Å². The van der Waals surface area contributed by atoms with Crippen molar-refractivity contribution in [3.05, 3.63) is 30.1 Å². The van der Waals surface area contributed by atoms with Crippen molar-refractivity contribution in [2.75, 3.05) is 25.4 Å². The van der Waals surface area contributed by atoms with E-state index in [1.165, 1.54) is 12.1 Å². The Balaban J connectivity index is 0.00000208. The summed E-state index contributed by atoms with van der Waals surface area (Å²) in [6.07, 6.45) is 2.93. The van der Waals surface area contributed by atoms with E-state index in [1.54, 1.807) is 0 Å². The number of hydrogen-bond acceptors (Lipinski definition) is 4. The van der Waals surface area contributed by atoms with Gasteiger partial charge in [0.1, 0.15) is 5.82 Å². The van der Waals surface area contributed by atoms with Gasteiger partial charge in [-0.3, -0.25) is 4.79 Å². The third-order valence-corrected chi connectivity index (χ3v) is 6.68. The van der Waals surface area contributed by atoms with Gasteiger partial charge in [0.25, 0.3) is 0 Å². The Bertz CT molecular complexity index is 688. The first kappa shape index (κ1) is 19.1. The number of benzene rings is 1. The fourth-order valence-corrected chi connectivity index (χ4v) is 4.54. The molecule has 1 spiro atoms. The Morgan fingerprint density at radius 3 is 2.50 bits per heavy atom. The minimum Gasteiger partial charge on any atom is -0.355 e. The summed E-state index contributed by atoms with van der Waals surface area (Å²) in [6, 6.07) is 4.74. The highest BCUT2D eigenvalue weighted by Gasteiger charge is 2.57. The van der Waals surface area contributed by atoms with E-state index in [9.17, 15) is 17.6 Å². The van der Waals surface area contributed by atoms with Gasteiger partial charge in [-0.1, -0.05) is 0 Å². The third kappa shape index (κ3) is 4.07. The van der Waals surface area contributed by atoms with Gasteiger partial charge in [0.05, 0.1) is 10.6 Å². The van der Waals surface area contributed by atoms with E-state index in [0.717, 1.165) is 44.5 Å². The molecule has 1 aromatic carbocycles. The molecule has 0 bridgehead atoms. The standard InChI is InChI=1S/C16H21FN2O3S.ClH/c17-12-1-3-13(4-2-12)23(21,22)10-9-19-15(20)14-11-16(14)5-7-18-8-6-16;/h1-4,14,18H,5-11H2,(H,19,20);1H. The van der Waals surface area contributed by atoms with Crippen molar-refractivity contribution in [3.8, 4) is 0 Å². The molecule has 0 radical (unpaired) electrons. The normalized spacial score (nSPS) is 21.8. The molecular weight excluding hydrogens is 355 g/mol. The zero-order chi connectivity index (χ0) is 16.5. The monoisotopic (exact) mass is 376 g/mol. The highest BCUT2D eigenvalue weighted by Crippen LogP contribution is 2.58. The maximum atomic E-state index is 12.8. The SMILES string of the molecule is Cl.O=C(NCCS(=O)(=O)c1ccc(F)cc1)C1CC12CCNCC2. The van der Waals surface area contributed by atoms with Crippen LogP contribution in [0.2, 0.25) is 0 Å². The van der Waals surface area contributed by atoms with Crippen molar-refractivity contribution >= 4 is 28.2 Å². The maximum absolute atomic E-state index is 12.8. The van der Waals surface area contributed by atoms with Crippen LogP contribution in [0, 0.1) is 17.2 Å². The Morgan fingerprint density at radius 1 is 1.25 bits per heavy atom. The summed E-state index contributed by atoms with van der Waals surface area (Å²) < 4.78 is 37.1. The number of sulfone groups is 1. The van der Waals surface area contributed by atoms with Crippen LogP contribution in [0.1, 0.15) is 19.3 Å². The topological polar surface area (TPSA) is 75.3 Å². The van der Waals surface area contributed by atoms with Crippen molar-refractivity contribution in [1.29, 1.82) is 0 Å². The van der Waals surface area contributed by atoms with Crippen LogP contribution >= 0.6 is 12.4 Å². The average molecular weight is 377 g/mol. The maximum Gasteiger partial charge on any atom is 0.223 e. The number of amides is 1. The number of halogens is 2. The molecule has 0 aromatic heterocycles. The molecule has 1 heterocycles. The molecule has 1 unspecified atom stereocenters. The lowest BCUT2D eigenvalue weighted by Gasteiger charge is -2.23. The molecule has 24 heavy (non-hydrogen) atoms. The van der Waals surface area contributed by atoms with E-state index < -0.39 is 15.7 Å². The van der Waals surface area contributed by atoms with Crippen LogP contribution < -0.4 is 10.6 Å². The van der Waals surface area contributed by atoms with Gasteiger partial charge in [-0.25, -0.2) is 12.8 Å². The largest absolute Gasteiger partial charge is 0.355 e. The zero-order valence-electron chi connectivity index (χ0n) is 13.3. The molecule has 2 aliphatic rings. The molecular formula is C16H22ClFN2O3S. The summed E-state index contributed by atoms with van der Waals surface area (Å²) in [5, 5.41) is 6.03. The van der Waals surface area contributed by atoms with Crippen LogP contribution in [0.3, 0.4) is 0 Å². The first-order valence-corrected chi connectivity index (χ1v) is 9.55. The van der Waals surface area contributed by atoms with Gasteiger partial charge in [0, 0.05) is 12.5 Å². The smallest absolute Gasteiger partial charge is 0.223 e. The second-order valence-electron chi connectivity index (χ2n) is 6.43. The van der Waals surface area contributed by atoms with Crippen LogP contribution in [0.25, 0.3) is 0 Å². The third-order valence-electron chi connectivity index (χ3n) is 4.95. The summed E-state index contributed by atoms with van der Waals surface area (Å²) in [5.41, 5.74) is 0.144. The quantitative estimate of drug-likeness (QED) is 0.764. The second-order valence-corrected chi connectivity index (χ2v) is 8.54. The van der Waals surface area contributed by atoms with Crippen molar-refractivity contribution in [1.82, 2.24) is 10.6 Å². The van der Waals surface area contributed by atoms with Gasteiger partial charge in [-0.05, 0) is 62.0 Å². The van der Waals surface area contributed by atoms with E-state index >= 15 is 0 Å². The number of nitrogens with one attached hydrogen (secondary N) is 2. The second kappa shape index (κ2) is 7.37. The van der Waals surface area contributed by atoms with Gasteiger partial charge >= 0.3 is 0 Å². The van der Waals surface area contributed by atoms with Crippen LogP contribution in [-0.4, -0.2) is 39.7 Å². The molecule has 8 heteroatoms. The number of piperidine rings is 1. The van der Waals surface area contributed by atoms with Gasteiger partial charge in [0.2, 0.25) is 5.91 Å². The lowest BCUT2D eigenvalue weighted by atomic mass is 9.92. The molecule has 1 aliphatic heterocycles. The first-order chi connectivity index (χ1) is 10.9. The lowest BCUT2D eigenvalue weighted by Crippen LogP contribution is -2.35. The predicted octanol–water partition coefficient (Wildman–Crippen LogP) is 1.53. The van der Waals surface area contributed by atoms with Crippen LogP contribution in [0.5, 0.6) is 0 Å². The highest BCUT2D eigenvalue weighted by atomic mass is 35.5. The predicted molar refractivity (Wildman–Crippen MR) is 91.4 cm³/mol. The van der Waals surface area contributed by atoms with Crippen LogP contribution in [0.15, 0.2) is 29.2 Å².